The highest BCUT2D eigenvalue weighted by molar-refractivity contribution is 5.88. The Bertz CT molecular complexity index is 237. The summed E-state index contributed by atoms with van der Waals surface area (Å²) in [6, 6.07) is 0.223. The molecule has 1 aliphatic carbocycles. The lowest BCUT2D eigenvalue weighted by atomic mass is 10.1. The van der Waals surface area contributed by atoms with E-state index in [1.54, 1.807) is 4.90 Å². The summed E-state index contributed by atoms with van der Waals surface area (Å²) < 4.78 is 13.5. The predicted octanol–water partition coefficient (Wildman–Crippen LogP) is 1.75. The van der Waals surface area contributed by atoms with Gasteiger partial charge in [-0.2, -0.15) is 0 Å². The van der Waals surface area contributed by atoms with Crippen LogP contribution < -0.4 is 0 Å². The molecule has 1 heterocycles. The molecule has 1 saturated heterocycles. The highest BCUT2D eigenvalue weighted by Crippen LogP contribution is 2.43. The van der Waals surface area contributed by atoms with Gasteiger partial charge in [0.2, 0.25) is 0 Å². The highest BCUT2D eigenvalue weighted by Gasteiger charge is 2.54. The van der Waals surface area contributed by atoms with Crippen LogP contribution in [0.2, 0.25) is 0 Å². The van der Waals surface area contributed by atoms with E-state index in [0.717, 1.165) is 13.0 Å². The topological polar surface area (TPSA) is 20.3 Å². The van der Waals surface area contributed by atoms with Gasteiger partial charge in [0.15, 0.2) is 5.67 Å². The van der Waals surface area contributed by atoms with Gasteiger partial charge >= 0.3 is 0 Å². The van der Waals surface area contributed by atoms with Crippen molar-refractivity contribution in [3.8, 4) is 0 Å². The first-order valence-corrected chi connectivity index (χ1v) is 5.04. The number of carbonyl (C=O) groups excluding carboxylic acids is 1. The molecule has 0 N–H and O–H groups in total. The van der Waals surface area contributed by atoms with Crippen molar-refractivity contribution >= 4 is 5.91 Å². The van der Waals surface area contributed by atoms with Crippen LogP contribution in [0.15, 0.2) is 0 Å². The van der Waals surface area contributed by atoms with Gasteiger partial charge in [0, 0.05) is 12.6 Å². The van der Waals surface area contributed by atoms with Crippen LogP contribution in [0.4, 0.5) is 4.39 Å². The Hall–Kier alpha value is -0.600. The van der Waals surface area contributed by atoms with E-state index in [0.29, 0.717) is 18.8 Å². The molecule has 2 aliphatic rings. The Morgan fingerprint density at radius 2 is 2.08 bits per heavy atom. The molecule has 1 saturated carbocycles. The first-order valence-electron chi connectivity index (χ1n) is 5.04. The molecular formula is C10H16FNO. The summed E-state index contributed by atoms with van der Waals surface area (Å²) in [7, 11) is 0. The predicted molar refractivity (Wildman–Crippen MR) is 48.0 cm³/mol. The summed E-state index contributed by atoms with van der Waals surface area (Å²) in [5, 5.41) is 0. The van der Waals surface area contributed by atoms with Crippen LogP contribution in [-0.2, 0) is 4.79 Å². The number of halogens is 1. The minimum Gasteiger partial charge on any atom is -0.337 e. The van der Waals surface area contributed by atoms with E-state index in [-0.39, 0.29) is 11.9 Å². The van der Waals surface area contributed by atoms with Crippen LogP contribution in [0.1, 0.15) is 33.1 Å². The van der Waals surface area contributed by atoms with Crippen LogP contribution in [0.5, 0.6) is 0 Å². The third-order valence-electron chi connectivity index (χ3n) is 3.47. The fourth-order valence-corrected chi connectivity index (χ4v) is 1.96. The Morgan fingerprint density at radius 1 is 1.46 bits per heavy atom. The molecule has 2 fully saturated rings. The van der Waals surface area contributed by atoms with E-state index in [4.69, 9.17) is 0 Å². The van der Waals surface area contributed by atoms with E-state index < -0.39 is 5.67 Å². The van der Waals surface area contributed by atoms with Crippen molar-refractivity contribution in [1.29, 1.82) is 0 Å². The zero-order valence-electron chi connectivity index (χ0n) is 8.22. The lowest BCUT2D eigenvalue weighted by Crippen LogP contribution is -2.41. The van der Waals surface area contributed by atoms with Crippen LogP contribution in [0.3, 0.4) is 0 Å². The minimum atomic E-state index is -1.47. The van der Waals surface area contributed by atoms with Crippen molar-refractivity contribution in [3.05, 3.63) is 0 Å². The fraction of sp³-hybridized carbons (Fsp3) is 0.900. The van der Waals surface area contributed by atoms with Crippen LogP contribution in [0, 0.1) is 5.92 Å². The molecule has 13 heavy (non-hydrogen) atoms. The molecular weight excluding hydrogens is 169 g/mol. The Labute approximate surface area is 78.1 Å². The molecule has 74 valence electrons. The van der Waals surface area contributed by atoms with E-state index in [2.05, 4.69) is 6.92 Å². The van der Waals surface area contributed by atoms with Crippen molar-refractivity contribution in [3.63, 3.8) is 0 Å². The van der Waals surface area contributed by atoms with E-state index in [9.17, 15) is 9.18 Å². The van der Waals surface area contributed by atoms with Crippen molar-refractivity contribution in [1.82, 2.24) is 4.90 Å². The van der Waals surface area contributed by atoms with Gasteiger partial charge in [-0.1, -0.05) is 6.92 Å². The Balaban J connectivity index is 2.05. The first kappa shape index (κ1) is 8.97. The maximum absolute atomic E-state index is 13.5. The maximum Gasteiger partial charge on any atom is 0.260 e. The third-order valence-corrected chi connectivity index (χ3v) is 3.47. The summed E-state index contributed by atoms with van der Waals surface area (Å²) in [4.78, 5) is 13.4. The molecule has 0 aromatic heterocycles. The number of amides is 1. The maximum atomic E-state index is 13.5. The number of nitrogens with zero attached hydrogens (tertiary/aromatic N) is 1. The van der Waals surface area contributed by atoms with Gasteiger partial charge in [-0.05, 0) is 32.1 Å². The average Bonchev–Trinajstić information content (AvgIpc) is 2.76. The zero-order chi connectivity index (χ0) is 9.64. The van der Waals surface area contributed by atoms with Gasteiger partial charge in [0.05, 0.1) is 0 Å². The Kier molecular flexibility index (Phi) is 1.86. The molecule has 0 radical (unpaired) electrons. The number of likely N-dealkylation sites (tertiary alicyclic amines) is 1. The van der Waals surface area contributed by atoms with Gasteiger partial charge in [-0.25, -0.2) is 4.39 Å². The highest BCUT2D eigenvalue weighted by atomic mass is 19.1. The molecule has 2 atom stereocenters. The normalized spacial score (nSPS) is 36.4. The van der Waals surface area contributed by atoms with E-state index >= 15 is 0 Å². The van der Waals surface area contributed by atoms with Crippen molar-refractivity contribution in [2.24, 2.45) is 5.92 Å². The molecule has 2 nitrogen and oxygen atoms in total. The lowest BCUT2D eigenvalue weighted by Gasteiger charge is -2.24. The van der Waals surface area contributed by atoms with Gasteiger partial charge in [-0.3, -0.25) is 4.79 Å². The number of alkyl halides is 1. The van der Waals surface area contributed by atoms with Crippen LogP contribution in [0.25, 0.3) is 0 Å². The molecule has 0 aromatic carbocycles. The second-order valence-electron chi connectivity index (χ2n) is 4.47. The number of hydrogen-bond acceptors (Lipinski definition) is 1. The van der Waals surface area contributed by atoms with E-state index in [1.165, 1.54) is 0 Å². The number of rotatable bonds is 1. The second kappa shape index (κ2) is 2.69. The largest absolute Gasteiger partial charge is 0.337 e. The second-order valence-corrected chi connectivity index (χ2v) is 4.47. The summed E-state index contributed by atoms with van der Waals surface area (Å²) in [6.45, 7) is 4.88. The SMILES string of the molecule is CC1CCN(C(=O)C2(F)CC2)C1C. The first-order chi connectivity index (χ1) is 6.04. The van der Waals surface area contributed by atoms with Crippen molar-refractivity contribution in [2.45, 2.75) is 44.8 Å². The smallest absolute Gasteiger partial charge is 0.260 e. The number of carbonyl (C=O) groups is 1. The molecule has 0 bridgehead atoms. The van der Waals surface area contributed by atoms with Gasteiger partial charge < -0.3 is 4.90 Å². The van der Waals surface area contributed by atoms with Crippen molar-refractivity contribution in [2.75, 3.05) is 6.54 Å². The third kappa shape index (κ3) is 1.34. The van der Waals surface area contributed by atoms with Gasteiger partial charge in [0.1, 0.15) is 0 Å². The van der Waals surface area contributed by atoms with Crippen molar-refractivity contribution < 1.29 is 9.18 Å². The monoisotopic (exact) mass is 185 g/mol. The summed E-state index contributed by atoms with van der Waals surface area (Å²) >= 11 is 0. The lowest BCUT2D eigenvalue weighted by molar-refractivity contribution is -0.139. The molecule has 2 unspecified atom stereocenters. The van der Waals surface area contributed by atoms with Crippen LogP contribution in [-0.4, -0.2) is 29.1 Å². The van der Waals surface area contributed by atoms with Gasteiger partial charge in [-0.15, -0.1) is 0 Å². The molecule has 1 amide bonds. The summed E-state index contributed by atoms with van der Waals surface area (Å²) in [6.07, 6.45) is 1.88. The molecule has 0 spiro atoms. The minimum absolute atomic E-state index is 0.223. The summed E-state index contributed by atoms with van der Waals surface area (Å²) in [5.41, 5.74) is -1.47. The molecule has 3 heteroatoms. The van der Waals surface area contributed by atoms with E-state index in [1.807, 2.05) is 6.92 Å². The molecule has 0 aromatic rings. The van der Waals surface area contributed by atoms with Gasteiger partial charge in [0.25, 0.3) is 5.91 Å². The number of hydrogen-bond donors (Lipinski definition) is 0. The standard InChI is InChI=1S/C10H16FNO/c1-7-3-6-12(8(7)2)9(13)10(11)4-5-10/h7-8H,3-6H2,1-2H3. The van der Waals surface area contributed by atoms with Crippen LogP contribution >= 0.6 is 0 Å². The zero-order valence-corrected chi connectivity index (χ0v) is 8.22. The summed E-state index contributed by atoms with van der Waals surface area (Å²) in [5.74, 6) is 0.260. The molecule has 2 rings (SSSR count). The fourth-order valence-electron chi connectivity index (χ4n) is 1.96. The average molecular weight is 185 g/mol. The molecule has 1 aliphatic heterocycles. The quantitative estimate of drug-likeness (QED) is 0.609. The Morgan fingerprint density at radius 3 is 2.46 bits per heavy atom.